The lowest BCUT2D eigenvalue weighted by Gasteiger charge is -2.37. The Balaban J connectivity index is 1.86. The van der Waals surface area contributed by atoms with E-state index >= 15 is 0 Å². The molecule has 2 saturated heterocycles. The molecule has 4 heteroatoms. The molecule has 0 aromatic rings. The van der Waals surface area contributed by atoms with Crippen molar-refractivity contribution in [2.45, 2.75) is 64.7 Å². The molecule has 3 fully saturated rings. The molecule has 4 nitrogen and oxygen atoms in total. The SMILES string of the molecule is C[C@H](O)CCC1[C@H]2C[C@@H]1N(C(=O)OC(C)(C)C)C2. The van der Waals surface area contributed by atoms with E-state index in [1.165, 1.54) is 0 Å². The van der Waals surface area contributed by atoms with Gasteiger partial charge in [0.1, 0.15) is 5.60 Å². The fraction of sp³-hybridized carbons (Fsp3) is 0.929. The second kappa shape index (κ2) is 4.72. The Bertz CT molecular complexity index is 321. The Kier molecular flexibility index (Phi) is 3.58. The second-order valence-electron chi connectivity index (χ2n) is 6.79. The predicted octanol–water partition coefficient (Wildman–Crippen LogP) is 2.40. The van der Waals surface area contributed by atoms with E-state index in [1.54, 1.807) is 0 Å². The van der Waals surface area contributed by atoms with Crippen LogP contribution in [-0.4, -0.2) is 40.4 Å². The number of nitrogens with zero attached hydrogens (tertiary/aromatic N) is 1. The summed E-state index contributed by atoms with van der Waals surface area (Å²) in [6, 6.07) is 0.351. The van der Waals surface area contributed by atoms with Gasteiger partial charge in [0.25, 0.3) is 0 Å². The Morgan fingerprint density at radius 1 is 1.50 bits per heavy atom. The molecule has 18 heavy (non-hydrogen) atoms. The summed E-state index contributed by atoms with van der Waals surface area (Å²) in [5.41, 5.74) is -0.417. The molecule has 2 bridgehead atoms. The molecule has 1 saturated carbocycles. The van der Waals surface area contributed by atoms with Crippen molar-refractivity contribution in [3.05, 3.63) is 0 Å². The highest BCUT2D eigenvalue weighted by Gasteiger charge is 2.53. The number of rotatable bonds is 3. The van der Waals surface area contributed by atoms with Crippen LogP contribution in [0.1, 0.15) is 47.0 Å². The van der Waals surface area contributed by atoms with Gasteiger partial charge in [-0.3, -0.25) is 0 Å². The zero-order valence-corrected chi connectivity index (χ0v) is 11.8. The molecule has 1 unspecified atom stereocenters. The van der Waals surface area contributed by atoms with E-state index in [2.05, 4.69) is 0 Å². The van der Waals surface area contributed by atoms with Crippen LogP contribution in [0.2, 0.25) is 0 Å². The maximum atomic E-state index is 12.0. The molecule has 2 heterocycles. The lowest BCUT2D eigenvalue weighted by molar-refractivity contribution is 0.0189. The van der Waals surface area contributed by atoms with Crippen LogP contribution < -0.4 is 0 Å². The van der Waals surface area contributed by atoms with Crippen LogP contribution in [0, 0.1) is 11.8 Å². The van der Waals surface area contributed by atoms with Crippen LogP contribution in [0.5, 0.6) is 0 Å². The van der Waals surface area contributed by atoms with Crippen LogP contribution in [0.3, 0.4) is 0 Å². The number of fused-ring (bicyclic) bond motifs is 1. The van der Waals surface area contributed by atoms with Crippen molar-refractivity contribution in [1.82, 2.24) is 4.90 Å². The highest BCUT2D eigenvalue weighted by molar-refractivity contribution is 5.69. The van der Waals surface area contributed by atoms with Gasteiger partial charge in [-0.2, -0.15) is 0 Å². The Morgan fingerprint density at radius 2 is 2.17 bits per heavy atom. The van der Waals surface area contributed by atoms with Gasteiger partial charge in [-0.1, -0.05) is 0 Å². The molecular weight excluding hydrogens is 230 g/mol. The predicted molar refractivity (Wildman–Crippen MR) is 69.2 cm³/mol. The summed E-state index contributed by atoms with van der Waals surface area (Å²) in [5, 5.41) is 9.34. The van der Waals surface area contributed by atoms with Crippen LogP contribution in [-0.2, 0) is 4.74 Å². The molecule has 104 valence electrons. The molecule has 3 aliphatic rings. The van der Waals surface area contributed by atoms with Crippen LogP contribution >= 0.6 is 0 Å². The molecule has 4 atom stereocenters. The summed E-state index contributed by atoms with van der Waals surface area (Å²) in [4.78, 5) is 13.9. The molecule has 0 aromatic heterocycles. The Morgan fingerprint density at radius 3 is 2.72 bits per heavy atom. The van der Waals surface area contributed by atoms with Crippen molar-refractivity contribution in [2.24, 2.45) is 11.8 Å². The third-order valence-corrected chi connectivity index (χ3v) is 4.02. The minimum absolute atomic E-state index is 0.172. The molecule has 3 rings (SSSR count). The highest BCUT2D eigenvalue weighted by Crippen LogP contribution is 2.49. The van der Waals surface area contributed by atoms with Crippen molar-refractivity contribution >= 4 is 6.09 Å². The molecule has 0 aromatic carbocycles. The van der Waals surface area contributed by atoms with E-state index in [0.29, 0.717) is 17.9 Å². The normalized spacial score (nSPS) is 32.1. The molecule has 1 amide bonds. The van der Waals surface area contributed by atoms with E-state index in [-0.39, 0.29) is 12.2 Å². The molecule has 0 radical (unpaired) electrons. The van der Waals surface area contributed by atoms with E-state index in [9.17, 15) is 9.90 Å². The Hall–Kier alpha value is -0.770. The minimum atomic E-state index is -0.417. The zero-order chi connectivity index (χ0) is 13.5. The Labute approximate surface area is 109 Å². The lowest BCUT2D eigenvalue weighted by Crippen LogP contribution is -2.43. The summed E-state index contributed by atoms with van der Waals surface area (Å²) in [5.74, 6) is 1.20. The zero-order valence-electron chi connectivity index (χ0n) is 11.8. The van der Waals surface area contributed by atoms with Gasteiger partial charge < -0.3 is 14.7 Å². The van der Waals surface area contributed by atoms with Gasteiger partial charge in [-0.25, -0.2) is 4.79 Å². The molecule has 1 N–H and O–H groups in total. The third-order valence-electron chi connectivity index (χ3n) is 4.02. The monoisotopic (exact) mass is 255 g/mol. The third kappa shape index (κ3) is 2.79. The van der Waals surface area contributed by atoms with Gasteiger partial charge in [-0.05, 0) is 58.8 Å². The number of carbonyl (C=O) groups is 1. The standard InChI is InChI=1S/C14H25NO3/c1-9(16)5-6-11-10-7-12(11)15(8-10)13(17)18-14(2,3)4/h9-12,16H,5-8H2,1-4H3/t9-,10-,11?,12-/m0/s1. The van der Waals surface area contributed by atoms with Gasteiger partial charge in [-0.15, -0.1) is 0 Å². The smallest absolute Gasteiger partial charge is 0.410 e. The van der Waals surface area contributed by atoms with Crippen molar-refractivity contribution in [3.8, 4) is 0 Å². The van der Waals surface area contributed by atoms with Crippen LogP contribution in [0.25, 0.3) is 0 Å². The molecular formula is C14H25NO3. The van der Waals surface area contributed by atoms with E-state index < -0.39 is 5.60 Å². The second-order valence-corrected chi connectivity index (χ2v) is 6.79. The number of hydrogen-bond acceptors (Lipinski definition) is 3. The first-order valence-corrected chi connectivity index (χ1v) is 6.95. The molecule has 1 aliphatic carbocycles. The first kappa shape index (κ1) is 13.7. The number of hydrogen-bond donors (Lipinski definition) is 1. The van der Waals surface area contributed by atoms with Crippen molar-refractivity contribution < 1.29 is 14.6 Å². The summed E-state index contributed by atoms with van der Waals surface area (Å²) in [6.07, 6.45) is 2.56. The highest BCUT2D eigenvalue weighted by atomic mass is 16.6. The number of carbonyl (C=O) groups excluding carboxylic acids is 1. The number of aliphatic hydroxyl groups is 1. The first-order valence-electron chi connectivity index (χ1n) is 6.95. The maximum Gasteiger partial charge on any atom is 0.410 e. The minimum Gasteiger partial charge on any atom is -0.444 e. The van der Waals surface area contributed by atoms with Gasteiger partial charge >= 0.3 is 6.09 Å². The fourth-order valence-electron chi connectivity index (χ4n) is 3.13. The van der Waals surface area contributed by atoms with Crippen LogP contribution in [0.4, 0.5) is 4.79 Å². The van der Waals surface area contributed by atoms with Crippen LogP contribution in [0.15, 0.2) is 0 Å². The fourth-order valence-corrected chi connectivity index (χ4v) is 3.13. The van der Waals surface area contributed by atoms with Gasteiger partial charge in [0.15, 0.2) is 0 Å². The van der Waals surface area contributed by atoms with Crippen molar-refractivity contribution in [1.29, 1.82) is 0 Å². The summed E-state index contributed by atoms with van der Waals surface area (Å²) < 4.78 is 5.43. The van der Waals surface area contributed by atoms with Crippen molar-refractivity contribution in [2.75, 3.05) is 6.54 Å². The quantitative estimate of drug-likeness (QED) is 0.842. The van der Waals surface area contributed by atoms with Crippen molar-refractivity contribution in [3.63, 3.8) is 0 Å². The summed E-state index contributed by atoms with van der Waals surface area (Å²) >= 11 is 0. The topological polar surface area (TPSA) is 49.8 Å². The lowest BCUT2D eigenvalue weighted by atomic mass is 9.71. The maximum absolute atomic E-state index is 12.0. The number of amides is 1. The van der Waals surface area contributed by atoms with Gasteiger partial charge in [0.05, 0.1) is 6.10 Å². The summed E-state index contributed by atoms with van der Waals surface area (Å²) in [6.45, 7) is 8.36. The largest absolute Gasteiger partial charge is 0.444 e. The van der Waals surface area contributed by atoms with E-state index in [4.69, 9.17) is 4.74 Å². The molecule has 0 spiro atoms. The average molecular weight is 255 g/mol. The molecule has 2 aliphatic heterocycles. The summed E-state index contributed by atoms with van der Waals surface area (Å²) in [7, 11) is 0. The van der Waals surface area contributed by atoms with E-state index in [1.807, 2.05) is 32.6 Å². The van der Waals surface area contributed by atoms with E-state index in [0.717, 1.165) is 25.8 Å². The van der Waals surface area contributed by atoms with Gasteiger partial charge in [0, 0.05) is 12.6 Å². The average Bonchev–Trinajstić information content (AvgIpc) is 2.71. The number of ether oxygens (including phenoxy) is 1. The first-order chi connectivity index (χ1) is 8.28. The number of aliphatic hydroxyl groups excluding tert-OH is 1. The van der Waals surface area contributed by atoms with Gasteiger partial charge in [0.2, 0.25) is 0 Å².